The van der Waals surface area contributed by atoms with Gasteiger partial charge < -0.3 is 11.1 Å². The lowest BCUT2D eigenvalue weighted by Crippen LogP contribution is -2.36. The fraction of sp³-hybridized carbons (Fsp3) is 0.167. The van der Waals surface area contributed by atoms with Gasteiger partial charge in [0.25, 0.3) is 0 Å². The SMILES string of the molecule is CN=CC=C(N)C1=CNC(c2nccs2)=NC1(C)c1ccc(F)cc1. The van der Waals surface area contributed by atoms with E-state index in [1.165, 1.54) is 23.5 Å². The third-order valence-corrected chi connectivity index (χ3v) is 4.75. The molecule has 1 aromatic carbocycles. The fourth-order valence-electron chi connectivity index (χ4n) is 2.65. The Balaban J connectivity index is 2.12. The van der Waals surface area contributed by atoms with Gasteiger partial charge in [-0.1, -0.05) is 12.1 Å². The first-order chi connectivity index (χ1) is 12.0. The normalized spacial score (nSPS) is 21.0. The second kappa shape index (κ2) is 6.98. The maximum atomic E-state index is 13.4. The highest BCUT2D eigenvalue weighted by Gasteiger charge is 2.35. The number of hydrogen-bond acceptors (Lipinski definition) is 6. The zero-order valence-electron chi connectivity index (χ0n) is 13.9. The number of rotatable bonds is 4. The molecule has 1 aliphatic heterocycles. The average Bonchev–Trinajstić information content (AvgIpc) is 3.14. The van der Waals surface area contributed by atoms with Gasteiger partial charge in [0.1, 0.15) is 11.4 Å². The first-order valence-corrected chi connectivity index (χ1v) is 8.54. The van der Waals surface area contributed by atoms with Crippen LogP contribution in [0.2, 0.25) is 0 Å². The number of nitrogens with zero attached hydrogens (tertiary/aromatic N) is 3. The molecule has 3 rings (SSSR count). The molecule has 2 aromatic rings. The molecule has 0 fully saturated rings. The van der Waals surface area contributed by atoms with Gasteiger partial charge in [-0.15, -0.1) is 11.3 Å². The zero-order chi connectivity index (χ0) is 17.9. The molecule has 0 radical (unpaired) electrons. The first kappa shape index (κ1) is 17.0. The highest BCUT2D eigenvalue weighted by atomic mass is 32.1. The van der Waals surface area contributed by atoms with Crippen LogP contribution < -0.4 is 11.1 Å². The molecular formula is C18H18FN5S. The maximum Gasteiger partial charge on any atom is 0.163 e. The van der Waals surface area contributed by atoms with Gasteiger partial charge in [-0.2, -0.15) is 0 Å². The number of allylic oxidation sites excluding steroid dienone is 1. The molecule has 3 N–H and O–H groups in total. The molecule has 0 saturated heterocycles. The maximum absolute atomic E-state index is 13.4. The largest absolute Gasteiger partial charge is 0.398 e. The Labute approximate surface area is 149 Å². The fourth-order valence-corrected chi connectivity index (χ4v) is 3.24. The lowest BCUT2D eigenvalue weighted by molar-refractivity contribution is 0.575. The van der Waals surface area contributed by atoms with Crippen LogP contribution in [0.1, 0.15) is 17.5 Å². The standard InChI is InChI=1S/C18H18FN5S/c1-18(12-3-5-13(19)6-4-12)14(15(20)7-8-21-2)11-23-16(24-18)17-22-9-10-25-17/h3-11H,20H2,1-2H3,(H,23,24). The average molecular weight is 355 g/mol. The number of aromatic nitrogens is 1. The summed E-state index contributed by atoms with van der Waals surface area (Å²) in [6, 6.07) is 6.29. The van der Waals surface area contributed by atoms with E-state index in [9.17, 15) is 4.39 Å². The number of aliphatic imine (C=N–C) groups is 2. The van der Waals surface area contributed by atoms with Crippen molar-refractivity contribution in [3.8, 4) is 0 Å². The molecular weight excluding hydrogens is 337 g/mol. The minimum atomic E-state index is -0.776. The van der Waals surface area contributed by atoms with Crippen molar-refractivity contribution in [1.29, 1.82) is 0 Å². The van der Waals surface area contributed by atoms with Crippen molar-refractivity contribution >= 4 is 23.4 Å². The summed E-state index contributed by atoms with van der Waals surface area (Å²) in [6.45, 7) is 1.95. The van der Waals surface area contributed by atoms with Crippen LogP contribution in [-0.2, 0) is 5.54 Å². The number of benzene rings is 1. The van der Waals surface area contributed by atoms with E-state index in [-0.39, 0.29) is 5.82 Å². The third-order valence-electron chi connectivity index (χ3n) is 3.97. The molecule has 1 aromatic heterocycles. The van der Waals surface area contributed by atoms with Gasteiger partial charge in [0, 0.05) is 42.3 Å². The van der Waals surface area contributed by atoms with Crippen molar-refractivity contribution in [2.24, 2.45) is 15.7 Å². The number of amidine groups is 1. The number of nitrogens with two attached hydrogens (primary N) is 1. The van der Waals surface area contributed by atoms with Crippen molar-refractivity contribution in [2.45, 2.75) is 12.5 Å². The summed E-state index contributed by atoms with van der Waals surface area (Å²) in [7, 11) is 1.68. The molecule has 0 aliphatic carbocycles. The van der Waals surface area contributed by atoms with Gasteiger partial charge in [0.15, 0.2) is 10.8 Å². The van der Waals surface area contributed by atoms with E-state index in [1.807, 2.05) is 18.5 Å². The zero-order valence-corrected chi connectivity index (χ0v) is 14.7. The predicted molar refractivity (Wildman–Crippen MR) is 100 cm³/mol. The highest BCUT2D eigenvalue weighted by Crippen LogP contribution is 2.38. The molecule has 2 heterocycles. The number of nitrogens with one attached hydrogen (secondary N) is 1. The molecule has 5 nitrogen and oxygen atoms in total. The summed E-state index contributed by atoms with van der Waals surface area (Å²) in [5.41, 5.74) is 7.62. The smallest absolute Gasteiger partial charge is 0.163 e. The van der Waals surface area contributed by atoms with Crippen LogP contribution in [0, 0.1) is 5.82 Å². The monoisotopic (exact) mass is 355 g/mol. The molecule has 25 heavy (non-hydrogen) atoms. The van der Waals surface area contributed by atoms with E-state index in [4.69, 9.17) is 10.7 Å². The van der Waals surface area contributed by atoms with Crippen molar-refractivity contribution in [1.82, 2.24) is 10.3 Å². The summed E-state index contributed by atoms with van der Waals surface area (Å²) in [4.78, 5) is 13.1. The molecule has 0 spiro atoms. The van der Waals surface area contributed by atoms with E-state index < -0.39 is 5.54 Å². The van der Waals surface area contributed by atoms with Crippen LogP contribution >= 0.6 is 11.3 Å². The van der Waals surface area contributed by atoms with Gasteiger partial charge in [0.2, 0.25) is 0 Å². The van der Waals surface area contributed by atoms with Crippen molar-refractivity contribution in [3.05, 3.63) is 75.8 Å². The van der Waals surface area contributed by atoms with Crippen molar-refractivity contribution in [3.63, 3.8) is 0 Å². The summed E-state index contributed by atoms with van der Waals surface area (Å²) < 4.78 is 13.4. The molecule has 1 aliphatic rings. The number of halogens is 1. The van der Waals surface area contributed by atoms with E-state index in [2.05, 4.69) is 15.3 Å². The van der Waals surface area contributed by atoms with Crippen LogP contribution in [-0.4, -0.2) is 24.1 Å². The number of hydrogen-bond donors (Lipinski definition) is 2. The van der Waals surface area contributed by atoms with E-state index in [1.54, 1.807) is 37.7 Å². The second-order valence-corrected chi connectivity index (χ2v) is 6.50. The molecule has 7 heteroatoms. The van der Waals surface area contributed by atoms with Crippen LogP contribution in [0.3, 0.4) is 0 Å². The minimum absolute atomic E-state index is 0.294. The van der Waals surface area contributed by atoms with E-state index in [0.29, 0.717) is 11.5 Å². The topological polar surface area (TPSA) is 75.7 Å². The van der Waals surface area contributed by atoms with Gasteiger partial charge in [-0.05, 0) is 30.7 Å². The predicted octanol–water partition coefficient (Wildman–Crippen LogP) is 2.97. The molecule has 1 atom stereocenters. The Bertz CT molecular complexity index is 865. The number of thiazole rings is 1. The van der Waals surface area contributed by atoms with Crippen molar-refractivity contribution in [2.75, 3.05) is 7.05 Å². The summed E-state index contributed by atoms with van der Waals surface area (Å²) in [5, 5.41) is 5.83. The third kappa shape index (κ3) is 3.36. The Morgan fingerprint density at radius 1 is 1.36 bits per heavy atom. The molecule has 0 bridgehead atoms. The van der Waals surface area contributed by atoms with Gasteiger partial charge in [-0.25, -0.2) is 14.4 Å². The summed E-state index contributed by atoms with van der Waals surface area (Å²) in [6.07, 6.45) is 6.90. The van der Waals surface area contributed by atoms with Gasteiger partial charge in [-0.3, -0.25) is 4.99 Å². The van der Waals surface area contributed by atoms with Crippen LogP contribution in [0.5, 0.6) is 0 Å². The van der Waals surface area contributed by atoms with Crippen molar-refractivity contribution < 1.29 is 4.39 Å². The lowest BCUT2D eigenvalue weighted by atomic mass is 9.82. The van der Waals surface area contributed by atoms with Crippen LogP contribution in [0.25, 0.3) is 0 Å². The van der Waals surface area contributed by atoms with E-state index >= 15 is 0 Å². The molecule has 128 valence electrons. The molecule has 1 unspecified atom stereocenters. The summed E-state index contributed by atoms with van der Waals surface area (Å²) in [5.74, 6) is 0.361. The van der Waals surface area contributed by atoms with Gasteiger partial charge in [0.05, 0.1) is 0 Å². The highest BCUT2D eigenvalue weighted by molar-refractivity contribution is 7.11. The summed E-state index contributed by atoms with van der Waals surface area (Å²) >= 11 is 1.49. The molecule has 0 saturated carbocycles. The minimum Gasteiger partial charge on any atom is -0.398 e. The van der Waals surface area contributed by atoms with Crippen LogP contribution in [0.15, 0.2) is 69.4 Å². The van der Waals surface area contributed by atoms with Crippen LogP contribution in [0.4, 0.5) is 4.39 Å². The Kier molecular flexibility index (Phi) is 4.76. The Morgan fingerprint density at radius 2 is 2.12 bits per heavy atom. The Hall–Kier alpha value is -2.80. The van der Waals surface area contributed by atoms with E-state index in [0.717, 1.165) is 16.1 Å². The molecule has 0 amide bonds. The Morgan fingerprint density at radius 3 is 2.76 bits per heavy atom. The second-order valence-electron chi connectivity index (χ2n) is 5.61. The van der Waals surface area contributed by atoms with Gasteiger partial charge >= 0.3 is 0 Å². The first-order valence-electron chi connectivity index (χ1n) is 7.66. The lowest BCUT2D eigenvalue weighted by Gasteiger charge is -2.33. The quantitative estimate of drug-likeness (QED) is 0.828.